The summed E-state index contributed by atoms with van der Waals surface area (Å²) >= 11 is 0. The van der Waals surface area contributed by atoms with Crippen LogP contribution in [0.1, 0.15) is 26.7 Å². The van der Waals surface area contributed by atoms with E-state index in [0.717, 1.165) is 18.5 Å². The van der Waals surface area contributed by atoms with Gasteiger partial charge in [0.15, 0.2) is 0 Å². The monoisotopic (exact) mass is 370 g/mol. The number of non-ortho nitro benzene ring substituents is 1. The highest BCUT2D eigenvalue weighted by Crippen LogP contribution is 2.22. The molecule has 9 heteroatoms. The van der Waals surface area contributed by atoms with E-state index in [-0.39, 0.29) is 5.69 Å². The molecule has 1 heterocycles. The van der Waals surface area contributed by atoms with Gasteiger partial charge in [-0.25, -0.2) is 0 Å². The number of hydrogen-bond donors (Lipinski definition) is 0. The molecule has 0 spiro atoms. The number of anilines is 1. The van der Waals surface area contributed by atoms with E-state index in [0.29, 0.717) is 39.3 Å². The minimum absolute atomic E-state index is 0.0553. The van der Waals surface area contributed by atoms with Crippen molar-refractivity contribution in [1.82, 2.24) is 8.61 Å². The molecule has 0 bridgehead atoms. The summed E-state index contributed by atoms with van der Waals surface area (Å²) in [6.07, 6.45) is 1.59. The average Bonchev–Trinajstić information content (AvgIpc) is 2.61. The first-order valence-electron chi connectivity index (χ1n) is 8.64. The molecule has 1 saturated heterocycles. The molecule has 25 heavy (non-hydrogen) atoms. The molecule has 0 atom stereocenters. The van der Waals surface area contributed by atoms with Crippen molar-refractivity contribution in [3.63, 3.8) is 0 Å². The van der Waals surface area contributed by atoms with Crippen LogP contribution in [-0.4, -0.2) is 61.2 Å². The third-order valence-corrected chi connectivity index (χ3v) is 6.30. The minimum atomic E-state index is -3.42. The Bertz CT molecular complexity index is 664. The molecule has 0 N–H and O–H groups in total. The number of benzene rings is 1. The second kappa shape index (κ2) is 8.59. The van der Waals surface area contributed by atoms with Crippen molar-refractivity contribution >= 4 is 21.6 Å². The Balaban J connectivity index is 2.01. The molecule has 8 nitrogen and oxygen atoms in total. The topological polar surface area (TPSA) is 87.0 Å². The summed E-state index contributed by atoms with van der Waals surface area (Å²) in [7, 11) is -3.42. The van der Waals surface area contributed by atoms with E-state index in [1.165, 1.54) is 12.1 Å². The molecule has 1 aromatic rings. The maximum atomic E-state index is 12.8. The van der Waals surface area contributed by atoms with Gasteiger partial charge in [0.1, 0.15) is 0 Å². The number of hydrogen-bond acceptors (Lipinski definition) is 5. The molecule has 1 aliphatic heterocycles. The summed E-state index contributed by atoms with van der Waals surface area (Å²) in [5.41, 5.74) is 0.932. The molecule has 0 aromatic heterocycles. The number of rotatable bonds is 8. The van der Waals surface area contributed by atoms with Crippen molar-refractivity contribution in [2.45, 2.75) is 26.7 Å². The Morgan fingerprint density at radius 3 is 2.00 bits per heavy atom. The van der Waals surface area contributed by atoms with E-state index in [1.54, 1.807) is 20.7 Å². The molecular weight excluding hydrogens is 344 g/mol. The molecule has 1 aliphatic rings. The van der Waals surface area contributed by atoms with E-state index in [2.05, 4.69) is 4.90 Å². The lowest BCUT2D eigenvalue weighted by Gasteiger charge is -2.37. The summed E-state index contributed by atoms with van der Waals surface area (Å²) in [4.78, 5) is 12.4. The largest absolute Gasteiger partial charge is 0.369 e. The minimum Gasteiger partial charge on any atom is -0.369 e. The van der Waals surface area contributed by atoms with Crippen LogP contribution in [0, 0.1) is 10.1 Å². The van der Waals surface area contributed by atoms with Gasteiger partial charge in [-0.1, -0.05) is 13.8 Å². The molecule has 1 aromatic carbocycles. The Kier molecular flexibility index (Phi) is 6.74. The van der Waals surface area contributed by atoms with Crippen molar-refractivity contribution in [3.05, 3.63) is 34.4 Å². The van der Waals surface area contributed by atoms with Crippen LogP contribution >= 0.6 is 0 Å². The lowest BCUT2D eigenvalue weighted by Crippen LogP contribution is -2.53. The van der Waals surface area contributed by atoms with Gasteiger partial charge >= 0.3 is 0 Å². The Morgan fingerprint density at radius 2 is 1.56 bits per heavy atom. The predicted octanol–water partition coefficient (Wildman–Crippen LogP) is 2.08. The zero-order valence-electron chi connectivity index (χ0n) is 14.8. The molecular formula is C16H26N4O4S. The standard InChI is InChI=1S/C16H26N4O4S/c1-3-9-18(10-4-2)25(23,24)19-13-11-17(12-14-19)15-5-7-16(8-6-15)20(21)22/h5-8H,3-4,9-14H2,1-2H3. The highest BCUT2D eigenvalue weighted by atomic mass is 32.2. The zero-order chi connectivity index (χ0) is 18.4. The smallest absolute Gasteiger partial charge is 0.282 e. The summed E-state index contributed by atoms with van der Waals surface area (Å²) in [5, 5.41) is 10.7. The molecule has 0 amide bonds. The highest BCUT2D eigenvalue weighted by molar-refractivity contribution is 7.86. The van der Waals surface area contributed by atoms with Crippen LogP contribution in [0.15, 0.2) is 24.3 Å². The van der Waals surface area contributed by atoms with Crippen molar-refractivity contribution in [1.29, 1.82) is 0 Å². The van der Waals surface area contributed by atoms with E-state index < -0.39 is 15.1 Å². The SMILES string of the molecule is CCCN(CCC)S(=O)(=O)N1CCN(c2ccc([N+](=O)[O-])cc2)CC1. The van der Waals surface area contributed by atoms with Crippen molar-refractivity contribution < 1.29 is 13.3 Å². The average molecular weight is 370 g/mol. The van der Waals surface area contributed by atoms with Crippen molar-refractivity contribution in [2.75, 3.05) is 44.2 Å². The fourth-order valence-corrected chi connectivity index (χ4v) is 4.74. The van der Waals surface area contributed by atoms with E-state index in [1.807, 2.05) is 13.8 Å². The highest BCUT2D eigenvalue weighted by Gasteiger charge is 2.31. The Hall–Kier alpha value is -1.71. The van der Waals surface area contributed by atoms with Crippen LogP contribution in [0.5, 0.6) is 0 Å². The molecule has 140 valence electrons. The van der Waals surface area contributed by atoms with Crippen LogP contribution in [-0.2, 0) is 10.2 Å². The van der Waals surface area contributed by atoms with Gasteiger partial charge in [-0.15, -0.1) is 0 Å². The Labute approximate surface area is 149 Å². The van der Waals surface area contributed by atoms with Gasteiger partial charge in [0.2, 0.25) is 0 Å². The fourth-order valence-electron chi connectivity index (χ4n) is 2.97. The third-order valence-electron chi connectivity index (χ3n) is 4.26. The molecule has 0 aliphatic carbocycles. The van der Waals surface area contributed by atoms with Gasteiger partial charge in [-0.05, 0) is 25.0 Å². The summed E-state index contributed by atoms with van der Waals surface area (Å²) in [5.74, 6) is 0. The first-order chi connectivity index (χ1) is 11.9. The van der Waals surface area contributed by atoms with Crippen molar-refractivity contribution in [3.8, 4) is 0 Å². The van der Waals surface area contributed by atoms with E-state index in [4.69, 9.17) is 0 Å². The van der Waals surface area contributed by atoms with Crippen LogP contribution < -0.4 is 4.90 Å². The normalized spacial score (nSPS) is 16.4. The molecule has 1 fully saturated rings. The van der Waals surface area contributed by atoms with Gasteiger partial charge in [0.05, 0.1) is 4.92 Å². The lowest BCUT2D eigenvalue weighted by molar-refractivity contribution is -0.384. The predicted molar refractivity (Wildman–Crippen MR) is 98.0 cm³/mol. The van der Waals surface area contributed by atoms with E-state index in [9.17, 15) is 18.5 Å². The van der Waals surface area contributed by atoms with Gasteiger partial charge in [-0.3, -0.25) is 10.1 Å². The molecule has 0 unspecified atom stereocenters. The van der Waals surface area contributed by atoms with Gasteiger partial charge in [0, 0.05) is 57.1 Å². The van der Waals surface area contributed by atoms with Gasteiger partial charge < -0.3 is 4.90 Å². The molecule has 2 rings (SSSR count). The van der Waals surface area contributed by atoms with E-state index >= 15 is 0 Å². The summed E-state index contributed by atoms with van der Waals surface area (Å²) in [6, 6.07) is 6.37. The molecule has 0 saturated carbocycles. The summed E-state index contributed by atoms with van der Waals surface area (Å²) in [6.45, 7) is 7.02. The maximum absolute atomic E-state index is 12.8. The first-order valence-corrected chi connectivity index (χ1v) is 10.0. The van der Waals surface area contributed by atoms with Crippen LogP contribution in [0.2, 0.25) is 0 Å². The third kappa shape index (κ3) is 4.68. The maximum Gasteiger partial charge on any atom is 0.282 e. The van der Waals surface area contributed by atoms with Crippen LogP contribution in [0.4, 0.5) is 11.4 Å². The second-order valence-corrected chi connectivity index (χ2v) is 7.99. The zero-order valence-corrected chi connectivity index (χ0v) is 15.6. The van der Waals surface area contributed by atoms with Crippen LogP contribution in [0.3, 0.4) is 0 Å². The van der Waals surface area contributed by atoms with Crippen LogP contribution in [0.25, 0.3) is 0 Å². The number of nitro groups is 1. The second-order valence-electron chi connectivity index (χ2n) is 6.07. The lowest BCUT2D eigenvalue weighted by atomic mass is 10.2. The fraction of sp³-hybridized carbons (Fsp3) is 0.625. The van der Waals surface area contributed by atoms with Gasteiger partial charge in [-0.2, -0.15) is 17.0 Å². The van der Waals surface area contributed by atoms with Gasteiger partial charge in [0.25, 0.3) is 15.9 Å². The number of nitro benzene ring substituents is 1. The summed E-state index contributed by atoms with van der Waals surface area (Å²) < 4.78 is 28.7. The number of nitrogens with zero attached hydrogens (tertiary/aromatic N) is 4. The first kappa shape index (κ1) is 19.6. The number of piperazine rings is 1. The quantitative estimate of drug-likeness (QED) is 0.516. The Morgan fingerprint density at radius 1 is 1.04 bits per heavy atom. The molecule has 0 radical (unpaired) electrons. The van der Waals surface area contributed by atoms with Crippen molar-refractivity contribution in [2.24, 2.45) is 0 Å².